The Hall–Kier alpha value is -0.980. The van der Waals surface area contributed by atoms with Gasteiger partial charge in [0.15, 0.2) is 0 Å². The van der Waals surface area contributed by atoms with E-state index in [9.17, 15) is 9.59 Å². The van der Waals surface area contributed by atoms with Gasteiger partial charge in [0.25, 0.3) is 6.48 Å². The molecule has 0 N–H and O–H groups in total. The predicted octanol–water partition coefficient (Wildman–Crippen LogP) is 0.879. The topological polar surface area (TPSA) is 71.1 Å². The number of hydrogen-bond acceptors (Lipinski definition) is 6. The van der Waals surface area contributed by atoms with E-state index < -0.39 is 30.1 Å². The highest BCUT2D eigenvalue weighted by Gasteiger charge is 2.34. The van der Waals surface area contributed by atoms with Crippen LogP contribution in [0.4, 0.5) is 0 Å². The summed E-state index contributed by atoms with van der Waals surface area (Å²) in [5.74, 6) is -0.889. The van der Waals surface area contributed by atoms with E-state index in [1.54, 1.807) is 20.8 Å². The molecule has 6 heteroatoms. The van der Waals surface area contributed by atoms with Gasteiger partial charge in [0.1, 0.15) is 11.9 Å². The van der Waals surface area contributed by atoms with Crippen molar-refractivity contribution in [3.63, 3.8) is 0 Å². The fourth-order valence-electron chi connectivity index (χ4n) is 1.58. The van der Waals surface area contributed by atoms with Crippen LogP contribution in [0, 0.1) is 5.92 Å². The molecule has 1 aliphatic rings. The molecule has 1 aliphatic heterocycles. The number of aldehydes is 1. The van der Waals surface area contributed by atoms with Gasteiger partial charge in [-0.25, -0.2) is 0 Å². The second kappa shape index (κ2) is 6.26. The molecule has 0 radical (unpaired) electrons. The Morgan fingerprint density at radius 3 is 2.61 bits per heavy atom. The lowest BCUT2D eigenvalue weighted by Crippen LogP contribution is -2.43. The number of esters is 1. The van der Waals surface area contributed by atoms with E-state index in [0.29, 0.717) is 0 Å². The van der Waals surface area contributed by atoms with Crippen molar-refractivity contribution in [1.29, 1.82) is 0 Å². The third kappa shape index (κ3) is 4.72. The second-order valence-corrected chi connectivity index (χ2v) is 5.12. The maximum Gasteiger partial charge on any atom is 0.308 e. The van der Waals surface area contributed by atoms with E-state index in [1.165, 1.54) is 7.11 Å². The zero-order chi connectivity index (χ0) is 13.8. The molecule has 0 spiro atoms. The Bertz CT molecular complexity index is 295. The van der Waals surface area contributed by atoms with E-state index in [2.05, 4.69) is 0 Å². The minimum Gasteiger partial charge on any atom is -0.460 e. The quantitative estimate of drug-likeness (QED) is 0.552. The average molecular weight is 260 g/mol. The monoisotopic (exact) mass is 260 g/mol. The molecule has 6 nitrogen and oxygen atoms in total. The van der Waals surface area contributed by atoms with Gasteiger partial charge in [0.2, 0.25) is 0 Å². The molecule has 1 rings (SSSR count). The van der Waals surface area contributed by atoms with Crippen molar-refractivity contribution in [2.75, 3.05) is 13.7 Å². The van der Waals surface area contributed by atoms with Gasteiger partial charge < -0.3 is 23.7 Å². The van der Waals surface area contributed by atoms with Crippen LogP contribution in [-0.4, -0.2) is 44.2 Å². The summed E-state index contributed by atoms with van der Waals surface area (Å²) in [5, 5.41) is 0. The van der Waals surface area contributed by atoms with Crippen molar-refractivity contribution < 1.29 is 28.5 Å². The van der Waals surface area contributed by atoms with Gasteiger partial charge in [-0.2, -0.15) is 0 Å². The van der Waals surface area contributed by atoms with Crippen molar-refractivity contribution in [3.05, 3.63) is 0 Å². The molecule has 104 valence electrons. The average Bonchev–Trinajstić information content (AvgIpc) is 2.26. The zero-order valence-electron chi connectivity index (χ0n) is 11.2. The summed E-state index contributed by atoms with van der Waals surface area (Å²) in [6.45, 7) is 4.68. The van der Waals surface area contributed by atoms with Gasteiger partial charge in [-0.3, -0.25) is 4.79 Å². The molecule has 1 fully saturated rings. The van der Waals surface area contributed by atoms with Gasteiger partial charge in [-0.05, 0) is 20.8 Å². The van der Waals surface area contributed by atoms with Gasteiger partial charge in [0.05, 0.1) is 25.0 Å². The lowest BCUT2D eigenvalue weighted by atomic mass is 10.0. The maximum absolute atomic E-state index is 11.7. The van der Waals surface area contributed by atoms with E-state index in [-0.39, 0.29) is 13.0 Å². The Balaban J connectivity index is 2.55. The van der Waals surface area contributed by atoms with Gasteiger partial charge in [-0.1, -0.05) is 0 Å². The van der Waals surface area contributed by atoms with E-state index in [4.69, 9.17) is 18.9 Å². The van der Waals surface area contributed by atoms with Crippen LogP contribution in [-0.2, 0) is 28.5 Å². The number of carbonyl (C=O) groups is 2. The first-order chi connectivity index (χ1) is 8.35. The first-order valence-corrected chi connectivity index (χ1v) is 5.82. The van der Waals surface area contributed by atoms with Gasteiger partial charge in [-0.15, -0.1) is 0 Å². The van der Waals surface area contributed by atoms with Crippen LogP contribution in [0.25, 0.3) is 0 Å². The third-order valence-electron chi connectivity index (χ3n) is 2.34. The molecule has 0 aliphatic carbocycles. The van der Waals surface area contributed by atoms with Crippen molar-refractivity contribution in [2.24, 2.45) is 5.92 Å². The second-order valence-electron chi connectivity index (χ2n) is 5.12. The number of ether oxygens (including phenoxy) is 4. The highest BCUT2D eigenvalue weighted by Crippen LogP contribution is 2.22. The van der Waals surface area contributed by atoms with Gasteiger partial charge in [0, 0.05) is 7.11 Å². The predicted molar refractivity (Wildman–Crippen MR) is 61.6 cm³/mol. The summed E-state index contributed by atoms with van der Waals surface area (Å²) in [6.07, 6.45) is 0.154. The largest absolute Gasteiger partial charge is 0.460 e. The van der Waals surface area contributed by atoms with Crippen molar-refractivity contribution in [3.8, 4) is 0 Å². The summed E-state index contributed by atoms with van der Waals surface area (Å²) in [4.78, 5) is 22.6. The van der Waals surface area contributed by atoms with Crippen LogP contribution < -0.4 is 0 Å². The summed E-state index contributed by atoms with van der Waals surface area (Å²) >= 11 is 0. The van der Waals surface area contributed by atoms with Crippen LogP contribution in [0.3, 0.4) is 0 Å². The van der Waals surface area contributed by atoms with Crippen LogP contribution in [0.5, 0.6) is 0 Å². The highest BCUT2D eigenvalue weighted by molar-refractivity contribution is 5.71. The molecular weight excluding hydrogens is 240 g/mol. The van der Waals surface area contributed by atoms with Gasteiger partial charge >= 0.3 is 5.97 Å². The first kappa shape index (κ1) is 15.1. The Labute approximate surface area is 107 Å². The zero-order valence-corrected chi connectivity index (χ0v) is 11.2. The SMILES string of the molecule is COC1OCC(C=O)C(CC(=O)OC(C)(C)C)O1. The number of hydrogen-bond donors (Lipinski definition) is 0. The summed E-state index contributed by atoms with van der Waals surface area (Å²) in [5.41, 5.74) is -0.556. The molecule has 18 heavy (non-hydrogen) atoms. The smallest absolute Gasteiger partial charge is 0.308 e. The first-order valence-electron chi connectivity index (χ1n) is 5.82. The molecular formula is C12H20O6. The van der Waals surface area contributed by atoms with E-state index >= 15 is 0 Å². The summed E-state index contributed by atoms with van der Waals surface area (Å²) in [6, 6.07) is 0. The lowest BCUT2D eigenvalue weighted by Gasteiger charge is -2.33. The van der Waals surface area contributed by atoms with Crippen LogP contribution in [0.15, 0.2) is 0 Å². The summed E-state index contributed by atoms with van der Waals surface area (Å²) in [7, 11) is 1.43. The molecule has 0 saturated carbocycles. The minimum atomic E-state index is -0.839. The molecule has 1 heterocycles. The number of rotatable bonds is 4. The molecule has 0 amide bonds. The fraction of sp³-hybridized carbons (Fsp3) is 0.833. The lowest BCUT2D eigenvalue weighted by molar-refractivity contribution is -0.331. The molecule has 1 saturated heterocycles. The van der Waals surface area contributed by atoms with E-state index in [0.717, 1.165) is 6.29 Å². The normalized spacial score (nSPS) is 28.8. The molecule has 0 aromatic heterocycles. The third-order valence-corrected chi connectivity index (χ3v) is 2.34. The Morgan fingerprint density at radius 2 is 2.11 bits per heavy atom. The van der Waals surface area contributed by atoms with Crippen molar-refractivity contribution in [2.45, 2.75) is 45.4 Å². The number of carbonyl (C=O) groups excluding carboxylic acids is 2. The Morgan fingerprint density at radius 1 is 1.44 bits per heavy atom. The molecule has 3 atom stereocenters. The highest BCUT2D eigenvalue weighted by atomic mass is 16.8. The molecule has 0 aromatic rings. The molecule has 3 unspecified atom stereocenters. The maximum atomic E-state index is 11.7. The van der Waals surface area contributed by atoms with E-state index in [1.807, 2.05) is 0 Å². The number of methoxy groups -OCH3 is 1. The van der Waals surface area contributed by atoms with Crippen molar-refractivity contribution in [1.82, 2.24) is 0 Å². The van der Waals surface area contributed by atoms with Crippen LogP contribution >= 0.6 is 0 Å². The molecule has 0 aromatic carbocycles. The molecule has 0 bridgehead atoms. The standard InChI is InChI=1S/C12H20O6/c1-12(2,3)18-10(14)5-9-8(6-13)7-16-11(15-4)17-9/h6,8-9,11H,5,7H2,1-4H3. The van der Waals surface area contributed by atoms with Crippen molar-refractivity contribution >= 4 is 12.3 Å². The van der Waals surface area contributed by atoms with Crippen LogP contribution in [0.1, 0.15) is 27.2 Å². The Kier molecular flexibility index (Phi) is 5.25. The fourth-order valence-corrected chi connectivity index (χ4v) is 1.58. The van der Waals surface area contributed by atoms with Crippen LogP contribution in [0.2, 0.25) is 0 Å². The minimum absolute atomic E-state index is 0.00387. The summed E-state index contributed by atoms with van der Waals surface area (Å²) < 4.78 is 20.5.